The highest BCUT2D eigenvalue weighted by atomic mass is 19.4. The summed E-state index contributed by atoms with van der Waals surface area (Å²) in [5, 5.41) is 8.98. The van der Waals surface area contributed by atoms with Crippen molar-refractivity contribution in [2.75, 3.05) is 0 Å². The third kappa shape index (κ3) is 3.82. The van der Waals surface area contributed by atoms with E-state index >= 15 is 0 Å². The Hall–Kier alpha value is -2.51. The van der Waals surface area contributed by atoms with Gasteiger partial charge in [0.05, 0.1) is 11.9 Å². The maximum atomic E-state index is 12.3. The second-order valence-corrected chi connectivity index (χ2v) is 5.26. The minimum absolute atomic E-state index is 0.0367. The Morgan fingerprint density at radius 1 is 1.30 bits per heavy atom. The first-order valence-corrected chi connectivity index (χ1v) is 6.74. The van der Waals surface area contributed by atoms with Gasteiger partial charge in [-0.3, -0.25) is 9.59 Å². The lowest BCUT2D eigenvalue weighted by Crippen LogP contribution is -2.20. The lowest BCUT2D eigenvalue weighted by Gasteiger charge is -2.20. The number of hydrogen-bond donors (Lipinski definition) is 1. The standard InChI is InChI=1S/C15H14F3NO4/c1-8(2)19-9(6-14(21)22)5-13(20)11-7-10(3-4-12(11)19)23-15(16,17)18/h3-5,7-8H,6H2,1-2H3,(H,21,22). The topological polar surface area (TPSA) is 68.5 Å². The molecule has 23 heavy (non-hydrogen) atoms. The molecule has 0 aliphatic heterocycles. The van der Waals surface area contributed by atoms with Crippen LogP contribution in [0.25, 0.3) is 10.9 Å². The van der Waals surface area contributed by atoms with Gasteiger partial charge in [-0.1, -0.05) is 0 Å². The van der Waals surface area contributed by atoms with Crippen LogP contribution in [-0.4, -0.2) is 22.0 Å². The SMILES string of the molecule is CC(C)n1c(CC(=O)O)cc(=O)c2cc(OC(F)(F)F)ccc21. The van der Waals surface area contributed by atoms with Crippen molar-refractivity contribution in [1.82, 2.24) is 4.57 Å². The predicted molar refractivity (Wildman–Crippen MR) is 76.6 cm³/mol. The number of rotatable bonds is 4. The molecule has 0 atom stereocenters. The fraction of sp³-hybridized carbons (Fsp3) is 0.333. The Labute approximate surface area is 128 Å². The van der Waals surface area contributed by atoms with Crippen LogP contribution in [0, 0.1) is 0 Å². The van der Waals surface area contributed by atoms with Gasteiger partial charge in [0.25, 0.3) is 0 Å². The highest BCUT2D eigenvalue weighted by Gasteiger charge is 2.31. The Balaban J connectivity index is 2.68. The number of carbonyl (C=O) groups is 1. The minimum atomic E-state index is -4.85. The van der Waals surface area contributed by atoms with Crippen LogP contribution in [0.1, 0.15) is 25.6 Å². The van der Waals surface area contributed by atoms with Crippen molar-refractivity contribution in [3.8, 4) is 5.75 Å². The summed E-state index contributed by atoms with van der Waals surface area (Å²) in [5.41, 5.74) is 0.0912. The van der Waals surface area contributed by atoms with E-state index < -0.39 is 23.5 Å². The van der Waals surface area contributed by atoms with E-state index in [1.54, 1.807) is 18.4 Å². The third-order valence-corrected chi connectivity index (χ3v) is 3.18. The molecule has 0 saturated carbocycles. The number of aromatic nitrogens is 1. The molecular weight excluding hydrogens is 315 g/mol. The maximum Gasteiger partial charge on any atom is 0.573 e. The van der Waals surface area contributed by atoms with Crippen molar-refractivity contribution in [2.45, 2.75) is 32.7 Å². The molecule has 2 rings (SSSR count). The van der Waals surface area contributed by atoms with Gasteiger partial charge >= 0.3 is 12.3 Å². The number of alkyl halides is 3. The molecule has 0 radical (unpaired) electrons. The van der Waals surface area contributed by atoms with Crippen LogP contribution >= 0.6 is 0 Å². The first-order valence-electron chi connectivity index (χ1n) is 6.74. The van der Waals surface area contributed by atoms with Crippen LogP contribution < -0.4 is 10.2 Å². The summed E-state index contributed by atoms with van der Waals surface area (Å²) in [7, 11) is 0. The van der Waals surface area contributed by atoms with E-state index in [0.717, 1.165) is 18.2 Å². The van der Waals surface area contributed by atoms with Crippen LogP contribution in [0.15, 0.2) is 29.1 Å². The molecule has 0 unspecified atom stereocenters. The second-order valence-electron chi connectivity index (χ2n) is 5.26. The van der Waals surface area contributed by atoms with E-state index in [2.05, 4.69) is 4.74 Å². The predicted octanol–water partition coefficient (Wildman–Crippen LogP) is 3.11. The number of halogens is 3. The molecule has 8 heteroatoms. The van der Waals surface area contributed by atoms with Gasteiger partial charge in [-0.15, -0.1) is 13.2 Å². The van der Waals surface area contributed by atoms with Gasteiger partial charge in [0.2, 0.25) is 0 Å². The maximum absolute atomic E-state index is 12.3. The normalized spacial score (nSPS) is 11.9. The average Bonchev–Trinajstić information content (AvgIpc) is 2.36. The van der Waals surface area contributed by atoms with E-state index in [9.17, 15) is 22.8 Å². The zero-order chi connectivity index (χ0) is 17.4. The van der Waals surface area contributed by atoms with Gasteiger partial charge in [-0.2, -0.15) is 0 Å². The molecule has 0 spiro atoms. The quantitative estimate of drug-likeness (QED) is 0.936. The van der Waals surface area contributed by atoms with Crippen molar-refractivity contribution in [2.24, 2.45) is 0 Å². The molecule has 124 valence electrons. The number of benzene rings is 1. The highest BCUT2D eigenvalue weighted by molar-refractivity contribution is 5.82. The van der Waals surface area contributed by atoms with Gasteiger partial charge in [-0.25, -0.2) is 0 Å². The van der Waals surface area contributed by atoms with E-state index in [4.69, 9.17) is 5.11 Å². The van der Waals surface area contributed by atoms with E-state index in [0.29, 0.717) is 5.52 Å². The molecule has 1 N–H and O–H groups in total. The smallest absolute Gasteiger partial charge is 0.481 e. The molecule has 1 aromatic carbocycles. The highest BCUT2D eigenvalue weighted by Crippen LogP contribution is 2.27. The van der Waals surface area contributed by atoms with Crippen molar-refractivity contribution in [1.29, 1.82) is 0 Å². The average molecular weight is 329 g/mol. The molecular formula is C15H14F3NO4. The van der Waals surface area contributed by atoms with E-state index in [1.165, 1.54) is 6.07 Å². The van der Waals surface area contributed by atoms with Crippen LogP contribution in [0.5, 0.6) is 5.75 Å². The van der Waals surface area contributed by atoms with Gasteiger partial charge in [0.1, 0.15) is 5.75 Å². The number of ether oxygens (including phenoxy) is 1. The zero-order valence-corrected chi connectivity index (χ0v) is 12.3. The summed E-state index contributed by atoms with van der Waals surface area (Å²) < 4.78 is 42.3. The monoisotopic (exact) mass is 329 g/mol. The summed E-state index contributed by atoms with van der Waals surface area (Å²) in [6.07, 6.45) is -5.21. The summed E-state index contributed by atoms with van der Waals surface area (Å²) in [6, 6.07) is 4.38. The lowest BCUT2D eigenvalue weighted by atomic mass is 10.1. The van der Waals surface area contributed by atoms with E-state index in [1.807, 2.05) is 0 Å². The van der Waals surface area contributed by atoms with Crippen molar-refractivity contribution in [3.63, 3.8) is 0 Å². The molecule has 0 fully saturated rings. The largest absolute Gasteiger partial charge is 0.573 e. The fourth-order valence-electron chi connectivity index (χ4n) is 2.47. The van der Waals surface area contributed by atoms with Crippen LogP contribution in [-0.2, 0) is 11.2 Å². The number of carboxylic acids is 1. The summed E-state index contributed by atoms with van der Waals surface area (Å²) in [4.78, 5) is 23.1. The molecule has 5 nitrogen and oxygen atoms in total. The number of pyridine rings is 1. The zero-order valence-electron chi connectivity index (χ0n) is 12.3. The summed E-state index contributed by atoms with van der Waals surface area (Å²) in [6.45, 7) is 3.57. The van der Waals surface area contributed by atoms with Gasteiger partial charge in [0, 0.05) is 23.2 Å². The van der Waals surface area contributed by atoms with Crippen LogP contribution in [0.3, 0.4) is 0 Å². The summed E-state index contributed by atoms with van der Waals surface area (Å²) >= 11 is 0. The Bertz CT molecular complexity index is 809. The second kappa shape index (κ2) is 5.94. The Kier molecular flexibility index (Phi) is 4.35. The van der Waals surface area contributed by atoms with E-state index in [-0.39, 0.29) is 23.5 Å². The van der Waals surface area contributed by atoms with Gasteiger partial charge in [-0.05, 0) is 32.0 Å². The molecule has 0 aliphatic carbocycles. The van der Waals surface area contributed by atoms with Crippen LogP contribution in [0.2, 0.25) is 0 Å². The van der Waals surface area contributed by atoms with Crippen molar-refractivity contribution >= 4 is 16.9 Å². The fourth-order valence-corrected chi connectivity index (χ4v) is 2.47. The van der Waals surface area contributed by atoms with Crippen molar-refractivity contribution < 1.29 is 27.8 Å². The minimum Gasteiger partial charge on any atom is -0.481 e. The Morgan fingerprint density at radius 3 is 2.48 bits per heavy atom. The number of fused-ring (bicyclic) bond motifs is 1. The molecule has 0 amide bonds. The van der Waals surface area contributed by atoms with Crippen molar-refractivity contribution in [3.05, 3.63) is 40.2 Å². The molecule has 1 aromatic heterocycles. The molecule has 0 aliphatic rings. The number of hydrogen-bond acceptors (Lipinski definition) is 3. The Morgan fingerprint density at radius 2 is 1.96 bits per heavy atom. The molecule has 2 aromatic rings. The summed E-state index contributed by atoms with van der Waals surface area (Å²) in [5.74, 6) is -1.60. The molecule has 1 heterocycles. The van der Waals surface area contributed by atoms with Crippen LogP contribution in [0.4, 0.5) is 13.2 Å². The third-order valence-electron chi connectivity index (χ3n) is 3.18. The molecule has 0 bridgehead atoms. The number of aliphatic carboxylic acids is 1. The first-order chi connectivity index (χ1) is 10.6. The number of nitrogens with zero attached hydrogens (tertiary/aromatic N) is 1. The van der Waals surface area contributed by atoms with Gasteiger partial charge in [0.15, 0.2) is 5.43 Å². The first kappa shape index (κ1) is 16.9. The van der Waals surface area contributed by atoms with Gasteiger partial charge < -0.3 is 14.4 Å². The lowest BCUT2D eigenvalue weighted by molar-refractivity contribution is -0.274. The number of carboxylic acid groups (broad SMARTS) is 1. The molecule has 0 saturated heterocycles.